The van der Waals surface area contributed by atoms with E-state index in [2.05, 4.69) is 5.32 Å². The van der Waals surface area contributed by atoms with Gasteiger partial charge in [-0.1, -0.05) is 42.1 Å². The van der Waals surface area contributed by atoms with Crippen molar-refractivity contribution in [1.82, 2.24) is 5.32 Å². The van der Waals surface area contributed by atoms with Gasteiger partial charge in [-0.25, -0.2) is 0 Å². The van der Waals surface area contributed by atoms with Gasteiger partial charge < -0.3 is 10.4 Å². The standard InChI is InChI=1S/C13H15NO4S/c1-9(13(17)18)19-12(16)8-14-11(15)7-10-5-3-2-4-6-10/h2-6,9H,7-8H2,1H3,(H,14,15)(H,17,18)/t9-/m1/s1. The summed E-state index contributed by atoms with van der Waals surface area (Å²) in [5.41, 5.74) is 0.860. The van der Waals surface area contributed by atoms with Crippen molar-refractivity contribution in [2.75, 3.05) is 6.54 Å². The van der Waals surface area contributed by atoms with Crippen molar-refractivity contribution in [2.24, 2.45) is 0 Å². The van der Waals surface area contributed by atoms with E-state index in [9.17, 15) is 14.4 Å². The molecule has 1 aromatic carbocycles. The number of hydrogen-bond acceptors (Lipinski definition) is 4. The predicted octanol–water partition coefficient (Wildman–Crippen LogP) is 1.08. The minimum Gasteiger partial charge on any atom is -0.480 e. The van der Waals surface area contributed by atoms with Crippen molar-refractivity contribution in [3.63, 3.8) is 0 Å². The van der Waals surface area contributed by atoms with Crippen molar-refractivity contribution in [3.8, 4) is 0 Å². The van der Waals surface area contributed by atoms with E-state index in [0.717, 1.165) is 5.56 Å². The van der Waals surface area contributed by atoms with E-state index in [-0.39, 0.29) is 24.0 Å². The molecule has 2 N–H and O–H groups in total. The SMILES string of the molecule is C[C@@H](SC(=O)CNC(=O)Cc1ccccc1)C(=O)O. The summed E-state index contributed by atoms with van der Waals surface area (Å²) >= 11 is 0.703. The zero-order chi connectivity index (χ0) is 14.3. The Morgan fingerprint density at radius 3 is 2.47 bits per heavy atom. The summed E-state index contributed by atoms with van der Waals surface area (Å²) in [5.74, 6) is -1.31. The van der Waals surface area contributed by atoms with Crippen molar-refractivity contribution < 1.29 is 19.5 Å². The second kappa shape index (κ2) is 7.58. The molecule has 1 atom stereocenters. The van der Waals surface area contributed by atoms with Gasteiger partial charge in [0.2, 0.25) is 11.0 Å². The normalized spacial score (nSPS) is 11.6. The van der Waals surface area contributed by atoms with Gasteiger partial charge in [-0.2, -0.15) is 0 Å². The van der Waals surface area contributed by atoms with Crippen LogP contribution in [0.3, 0.4) is 0 Å². The van der Waals surface area contributed by atoms with Crippen LogP contribution in [0.2, 0.25) is 0 Å². The molecule has 0 radical (unpaired) electrons. The summed E-state index contributed by atoms with van der Waals surface area (Å²) in [6, 6.07) is 9.16. The predicted molar refractivity (Wildman–Crippen MR) is 72.9 cm³/mol. The second-order valence-corrected chi connectivity index (χ2v) is 5.31. The summed E-state index contributed by atoms with van der Waals surface area (Å²) in [6.45, 7) is 1.27. The Kier molecular flexibility index (Phi) is 6.08. The molecule has 0 aliphatic carbocycles. The molecule has 0 heterocycles. The van der Waals surface area contributed by atoms with Crippen molar-refractivity contribution in [1.29, 1.82) is 0 Å². The fourth-order valence-electron chi connectivity index (χ4n) is 1.30. The molecule has 6 heteroatoms. The fraction of sp³-hybridized carbons (Fsp3) is 0.308. The molecule has 0 saturated heterocycles. The van der Waals surface area contributed by atoms with Crippen molar-refractivity contribution in [2.45, 2.75) is 18.6 Å². The van der Waals surface area contributed by atoms with Crippen LogP contribution in [-0.4, -0.2) is 33.9 Å². The zero-order valence-electron chi connectivity index (χ0n) is 10.5. The van der Waals surface area contributed by atoms with Crippen LogP contribution in [0.1, 0.15) is 12.5 Å². The average Bonchev–Trinajstić information content (AvgIpc) is 2.37. The van der Waals surface area contributed by atoms with E-state index in [1.165, 1.54) is 6.92 Å². The number of carboxylic acids is 1. The highest BCUT2D eigenvalue weighted by molar-refractivity contribution is 8.14. The fourth-order valence-corrected chi connectivity index (χ4v) is 1.95. The van der Waals surface area contributed by atoms with E-state index in [4.69, 9.17) is 5.11 Å². The van der Waals surface area contributed by atoms with Gasteiger partial charge in [0.05, 0.1) is 13.0 Å². The van der Waals surface area contributed by atoms with Crippen LogP contribution in [0.4, 0.5) is 0 Å². The number of carbonyl (C=O) groups excluding carboxylic acids is 2. The lowest BCUT2D eigenvalue weighted by Gasteiger charge is -2.06. The zero-order valence-corrected chi connectivity index (χ0v) is 11.3. The van der Waals surface area contributed by atoms with Gasteiger partial charge >= 0.3 is 5.97 Å². The number of nitrogens with one attached hydrogen (secondary N) is 1. The number of benzene rings is 1. The maximum absolute atomic E-state index is 11.5. The second-order valence-electron chi connectivity index (χ2n) is 3.91. The number of carboxylic acid groups (broad SMARTS) is 1. The van der Waals surface area contributed by atoms with Crippen LogP contribution in [-0.2, 0) is 20.8 Å². The van der Waals surface area contributed by atoms with Gasteiger partial charge in [-0.3, -0.25) is 14.4 Å². The third kappa shape index (κ3) is 6.05. The topological polar surface area (TPSA) is 83.5 Å². The summed E-state index contributed by atoms with van der Waals surface area (Å²) < 4.78 is 0. The van der Waals surface area contributed by atoms with E-state index >= 15 is 0 Å². The lowest BCUT2D eigenvalue weighted by atomic mass is 10.1. The molecule has 0 aromatic heterocycles. The minimum atomic E-state index is -1.05. The molecule has 0 aliphatic rings. The van der Waals surface area contributed by atoms with Crippen LogP contribution in [0.25, 0.3) is 0 Å². The third-order valence-electron chi connectivity index (χ3n) is 2.29. The van der Waals surface area contributed by atoms with Gasteiger partial charge in [0.25, 0.3) is 0 Å². The summed E-state index contributed by atoms with van der Waals surface area (Å²) in [6.07, 6.45) is 0.202. The Morgan fingerprint density at radius 1 is 1.26 bits per heavy atom. The number of hydrogen-bond donors (Lipinski definition) is 2. The molecule has 1 rings (SSSR count). The molecular weight excluding hydrogens is 266 g/mol. The summed E-state index contributed by atoms with van der Waals surface area (Å²) in [5, 5.41) is 9.94. The molecule has 102 valence electrons. The Hall–Kier alpha value is -1.82. The number of carbonyl (C=O) groups is 3. The van der Waals surface area contributed by atoms with Gasteiger partial charge in [0.1, 0.15) is 5.25 Å². The van der Waals surface area contributed by atoms with Crippen LogP contribution in [0.15, 0.2) is 30.3 Å². The van der Waals surface area contributed by atoms with Crippen LogP contribution in [0.5, 0.6) is 0 Å². The van der Waals surface area contributed by atoms with Crippen LogP contribution >= 0.6 is 11.8 Å². The molecule has 1 amide bonds. The van der Waals surface area contributed by atoms with E-state index < -0.39 is 11.2 Å². The largest absolute Gasteiger partial charge is 0.480 e. The molecule has 0 unspecified atom stereocenters. The Bertz CT molecular complexity index is 461. The maximum Gasteiger partial charge on any atom is 0.316 e. The van der Waals surface area contributed by atoms with E-state index in [1.54, 1.807) is 0 Å². The molecule has 5 nitrogen and oxygen atoms in total. The van der Waals surface area contributed by atoms with Gasteiger partial charge in [0, 0.05) is 0 Å². The summed E-state index contributed by atoms with van der Waals surface area (Å²) in [4.78, 5) is 33.5. The third-order valence-corrected chi connectivity index (χ3v) is 3.26. The molecule has 0 fully saturated rings. The molecule has 19 heavy (non-hydrogen) atoms. The Balaban J connectivity index is 2.30. The van der Waals surface area contributed by atoms with Gasteiger partial charge in [-0.05, 0) is 12.5 Å². The summed E-state index contributed by atoms with van der Waals surface area (Å²) in [7, 11) is 0. The molecule has 0 spiro atoms. The first-order chi connectivity index (χ1) is 8.99. The maximum atomic E-state index is 11.5. The van der Waals surface area contributed by atoms with Gasteiger partial charge in [0.15, 0.2) is 0 Å². The number of rotatable bonds is 6. The van der Waals surface area contributed by atoms with Crippen molar-refractivity contribution >= 4 is 28.8 Å². The highest BCUT2D eigenvalue weighted by Crippen LogP contribution is 2.10. The van der Waals surface area contributed by atoms with E-state index in [0.29, 0.717) is 11.8 Å². The highest BCUT2D eigenvalue weighted by Gasteiger charge is 2.16. The minimum absolute atomic E-state index is 0.159. The lowest BCUT2D eigenvalue weighted by Crippen LogP contribution is -2.30. The van der Waals surface area contributed by atoms with Crippen molar-refractivity contribution in [3.05, 3.63) is 35.9 Å². The first-order valence-electron chi connectivity index (χ1n) is 5.72. The lowest BCUT2D eigenvalue weighted by molar-refractivity contribution is -0.136. The molecule has 0 aliphatic heterocycles. The molecule has 1 aromatic rings. The highest BCUT2D eigenvalue weighted by atomic mass is 32.2. The molecule has 0 saturated carbocycles. The monoisotopic (exact) mass is 281 g/mol. The number of amides is 1. The molecular formula is C13H15NO4S. The van der Waals surface area contributed by atoms with E-state index in [1.807, 2.05) is 30.3 Å². The van der Waals surface area contributed by atoms with Gasteiger partial charge in [-0.15, -0.1) is 0 Å². The number of aliphatic carboxylic acids is 1. The first kappa shape index (κ1) is 15.2. The smallest absolute Gasteiger partial charge is 0.316 e. The van der Waals surface area contributed by atoms with Crippen LogP contribution in [0, 0.1) is 0 Å². The Labute approximate surface area is 115 Å². The van der Waals surface area contributed by atoms with Crippen LogP contribution < -0.4 is 5.32 Å². The quantitative estimate of drug-likeness (QED) is 0.815. The average molecular weight is 281 g/mol. The number of thioether (sulfide) groups is 1. The molecule has 0 bridgehead atoms. The Morgan fingerprint density at radius 2 is 1.89 bits per heavy atom. The first-order valence-corrected chi connectivity index (χ1v) is 6.60.